The fourth-order valence-electron chi connectivity index (χ4n) is 1.88. The highest BCUT2D eigenvalue weighted by molar-refractivity contribution is 5.45. The van der Waals surface area contributed by atoms with Crippen LogP contribution in [0.2, 0.25) is 0 Å². The Morgan fingerprint density at radius 1 is 1.31 bits per heavy atom. The average Bonchev–Trinajstić information content (AvgIpc) is 2.89. The minimum absolute atomic E-state index is 0.655. The molecule has 2 aromatic rings. The molecule has 0 amide bonds. The second-order valence-corrected chi connectivity index (χ2v) is 4.32. The molecule has 0 aliphatic heterocycles. The quantitative estimate of drug-likeness (QED) is 0.827. The van der Waals surface area contributed by atoms with E-state index in [0.717, 1.165) is 29.8 Å². The van der Waals surface area contributed by atoms with Crippen molar-refractivity contribution in [2.45, 2.75) is 25.4 Å². The third-order valence-corrected chi connectivity index (χ3v) is 2.95. The Balaban J connectivity index is 2.13. The summed E-state index contributed by atoms with van der Waals surface area (Å²) in [7, 11) is 0. The molecule has 16 heavy (non-hydrogen) atoms. The third kappa shape index (κ3) is 1.42. The van der Waals surface area contributed by atoms with Gasteiger partial charge in [-0.3, -0.25) is 0 Å². The number of aliphatic hydroxyl groups is 1. The minimum Gasteiger partial charge on any atom is -0.385 e. The Kier molecular flexibility index (Phi) is 1.88. The van der Waals surface area contributed by atoms with Gasteiger partial charge in [0.1, 0.15) is 0 Å². The molecule has 82 valence electrons. The van der Waals surface area contributed by atoms with Gasteiger partial charge in [-0.1, -0.05) is 18.2 Å². The highest BCUT2D eigenvalue weighted by Crippen LogP contribution is 2.47. The van der Waals surface area contributed by atoms with E-state index in [2.05, 4.69) is 10.2 Å². The van der Waals surface area contributed by atoms with Crippen LogP contribution >= 0.6 is 0 Å². The summed E-state index contributed by atoms with van der Waals surface area (Å²) in [6.45, 7) is 1.90. The van der Waals surface area contributed by atoms with Crippen LogP contribution in [0.4, 0.5) is 0 Å². The van der Waals surface area contributed by atoms with Crippen molar-refractivity contribution in [2.75, 3.05) is 0 Å². The van der Waals surface area contributed by atoms with Crippen molar-refractivity contribution < 1.29 is 5.11 Å². The molecule has 1 fully saturated rings. The Morgan fingerprint density at radius 3 is 2.69 bits per heavy atom. The molecule has 0 spiro atoms. The van der Waals surface area contributed by atoms with Crippen LogP contribution in [0.3, 0.4) is 0 Å². The number of hydrogen-bond donors (Lipinski definition) is 1. The summed E-state index contributed by atoms with van der Waals surface area (Å²) in [5.74, 6) is 0. The normalized spacial score (nSPS) is 17.4. The molecular weight excluding hydrogens is 202 g/mol. The van der Waals surface area contributed by atoms with Crippen LogP contribution in [0.15, 0.2) is 30.5 Å². The predicted octanol–water partition coefficient (Wildman–Crippen LogP) is 1.56. The Hall–Kier alpha value is -1.68. The second-order valence-electron chi connectivity index (χ2n) is 4.32. The Morgan fingerprint density at radius 2 is 2.06 bits per heavy atom. The maximum atomic E-state index is 10.2. The first-order valence-electron chi connectivity index (χ1n) is 5.40. The molecule has 1 aliphatic rings. The van der Waals surface area contributed by atoms with Crippen LogP contribution in [-0.2, 0) is 5.60 Å². The van der Waals surface area contributed by atoms with Crippen molar-refractivity contribution in [1.82, 2.24) is 15.0 Å². The molecule has 1 heterocycles. The number of hydrogen-bond acceptors (Lipinski definition) is 3. The van der Waals surface area contributed by atoms with E-state index in [9.17, 15) is 5.11 Å². The molecule has 4 heteroatoms. The summed E-state index contributed by atoms with van der Waals surface area (Å²) in [5, 5.41) is 18.6. The van der Waals surface area contributed by atoms with Crippen molar-refractivity contribution in [3.05, 3.63) is 41.7 Å². The molecular formula is C12H13N3O. The van der Waals surface area contributed by atoms with Gasteiger partial charge in [0.25, 0.3) is 0 Å². The molecule has 3 rings (SSSR count). The first-order valence-corrected chi connectivity index (χ1v) is 5.40. The van der Waals surface area contributed by atoms with Gasteiger partial charge in [0.05, 0.1) is 23.2 Å². The number of benzene rings is 1. The van der Waals surface area contributed by atoms with E-state index in [1.807, 2.05) is 31.2 Å². The van der Waals surface area contributed by atoms with E-state index in [1.54, 1.807) is 11.0 Å². The summed E-state index contributed by atoms with van der Waals surface area (Å²) in [6.07, 6.45) is 3.36. The zero-order valence-corrected chi connectivity index (χ0v) is 9.09. The summed E-state index contributed by atoms with van der Waals surface area (Å²) < 4.78 is 0. The lowest BCUT2D eigenvalue weighted by Crippen LogP contribution is -2.11. The molecule has 0 saturated heterocycles. The lowest BCUT2D eigenvalue weighted by Gasteiger charge is -2.12. The number of aromatic nitrogens is 3. The van der Waals surface area contributed by atoms with Gasteiger partial charge in [-0.2, -0.15) is 15.0 Å². The van der Waals surface area contributed by atoms with Gasteiger partial charge in [-0.05, 0) is 25.8 Å². The van der Waals surface area contributed by atoms with Crippen LogP contribution in [0.25, 0.3) is 5.69 Å². The smallest absolute Gasteiger partial charge is 0.0920 e. The van der Waals surface area contributed by atoms with Gasteiger partial charge in [0, 0.05) is 5.56 Å². The lowest BCUT2D eigenvalue weighted by molar-refractivity contribution is 0.151. The number of rotatable bonds is 2. The van der Waals surface area contributed by atoms with E-state index in [-0.39, 0.29) is 0 Å². The van der Waals surface area contributed by atoms with E-state index < -0.39 is 5.60 Å². The average molecular weight is 215 g/mol. The van der Waals surface area contributed by atoms with Crippen molar-refractivity contribution in [2.24, 2.45) is 0 Å². The van der Waals surface area contributed by atoms with E-state index in [4.69, 9.17) is 0 Å². The van der Waals surface area contributed by atoms with Gasteiger partial charge in [0.15, 0.2) is 0 Å². The van der Waals surface area contributed by atoms with Gasteiger partial charge in [-0.25, -0.2) is 0 Å². The van der Waals surface area contributed by atoms with E-state index in [1.165, 1.54) is 0 Å². The molecule has 1 aromatic heterocycles. The fraction of sp³-hybridized carbons (Fsp3) is 0.333. The van der Waals surface area contributed by atoms with Gasteiger partial charge in [-0.15, -0.1) is 0 Å². The number of para-hydroxylation sites is 1. The van der Waals surface area contributed by atoms with E-state index in [0.29, 0.717) is 0 Å². The first-order chi connectivity index (χ1) is 7.69. The molecule has 0 atom stereocenters. The minimum atomic E-state index is -0.655. The maximum Gasteiger partial charge on any atom is 0.0920 e. The van der Waals surface area contributed by atoms with Gasteiger partial charge < -0.3 is 5.11 Å². The third-order valence-electron chi connectivity index (χ3n) is 2.95. The van der Waals surface area contributed by atoms with Crippen molar-refractivity contribution in [1.29, 1.82) is 0 Å². The van der Waals surface area contributed by atoms with Crippen LogP contribution in [-0.4, -0.2) is 20.1 Å². The topological polar surface area (TPSA) is 50.9 Å². The maximum absolute atomic E-state index is 10.2. The van der Waals surface area contributed by atoms with Crippen LogP contribution in [0.1, 0.15) is 24.1 Å². The van der Waals surface area contributed by atoms with Crippen molar-refractivity contribution in [3.63, 3.8) is 0 Å². The molecule has 1 aliphatic carbocycles. The van der Waals surface area contributed by atoms with Crippen molar-refractivity contribution in [3.8, 4) is 5.69 Å². The molecule has 4 nitrogen and oxygen atoms in total. The summed E-state index contributed by atoms with van der Waals surface area (Å²) in [5.41, 5.74) is 2.01. The van der Waals surface area contributed by atoms with Crippen molar-refractivity contribution >= 4 is 0 Å². The number of nitrogens with zero attached hydrogens (tertiary/aromatic N) is 3. The van der Waals surface area contributed by atoms with Gasteiger partial charge >= 0.3 is 0 Å². The largest absolute Gasteiger partial charge is 0.385 e. The van der Waals surface area contributed by atoms with E-state index >= 15 is 0 Å². The summed E-state index contributed by atoms with van der Waals surface area (Å²) in [4.78, 5) is 1.58. The highest BCUT2D eigenvalue weighted by atomic mass is 16.3. The predicted molar refractivity (Wildman–Crippen MR) is 59.2 cm³/mol. The highest BCUT2D eigenvalue weighted by Gasteiger charge is 2.44. The molecule has 0 radical (unpaired) electrons. The first kappa shape index (κ1) is 9.54. The Bertz CT molecular complexity index is 529. The van der Waals surface area contributed by atoms with Crippen LogP contribution in [0, 0.1) is 6.92 Å². The Labute approximate surface area is 93.5 Å². The van der Waals surface area contributed by atoms with Gasteiger partial charge in [0.2, 0.25) is 0 Å². The summed E-state index contributed by atoms with van der Waals surface area (Å²) >= 11 is 0. The fourth-order valence-corrected chi connectivity index (χ4v) is 1.88. The number of aryl methyl sites for hydroxylation is 1. The molecule has 1 N–H and O–H groups in total. The zero-order valence-electron chi connectivity index (χ0n) is 9.09. The molecule has 1 aromatic carbocycles. The van der Waals surface area contributed by atoms with Crippen LogP contribution in [0.5, 0.6) is 0 Å². The molecule has 0 unspecified atom stereocenters. The lowest BCUT2D eigenvalue weighted by atomic mass is 10.1. The monoisotopic (exact) mass is 215 g/mol. The SMILES string of the molecule is Cc1cnn(-c2ccccc2C2(O)CC2)n1. The standard InChI is InChI=1S/C12H13N3O/c1-9-8-13-15(14-9)11-5-3-2-4-10(11)12(16)6-7-12/h2-5,8,16H,6-7H2,1H3. The molecule has 1 saturated carbocycles. The second kappa shape index (κ2) is 3.15. The molecule has 0 bridgehead atoms. The van der Waals surface area contributed by atoms with Crippen LogP contribution < -0.4 is 0 Å². The zero-order chi connectivity index (χ0) is 11.2. The summed E-state index contributed by atoms with van der Waals surface area (Å²) in [6, 6.07) is 7.75.